The number of halogens is 1. The van der Waals surface area contributed by atoms with Crippen LogP contribution in [-0.4, -0.2) is 16.9 Å². The number of carbonyl (C=O) groups excluding carboxylic acids is 1. The first-order chi connectivity index (χ1) is 9.08. The van der Waals surface area contributed by atoms with Gasteiger partial charge in [0.15, 0.2) is 0 Å². The Bertz CT molecular complexity index is 448. The van der Waals surface area contributed by atoms with Crippen LogP contribution < -0.4 is 5.32 Å². The number of amides is 1. The molecule has 0 bridgehead atoms. The molecule has 0 aliphatic heterocycles. The predicted molar refractivity (Wildman–Crippen MR) is 72.2 cm³/mol. The molecule has 1 fully saturated rings. The monoisotopic (exact) mass is 264 g/mol. The van der Waals surface area contributed by atoms with Crippen LogP contribution in [0.15, 0.2) is 18.3 Å². The van der Waals surface area contributed by atoms with Crippen molar-refractivity contribution in [2.45, 2.75) is 45.6 Å². The van der Waals surface area contributed by atoms with E-state index in [1.165, 1.54) is 18.7 Å². The molecule has 4 heteroatoms. The maximum atomic E-state index is 13.0. The van der Waals surface area contributed by atoms with Crippen LogP contribution in [0.2, 0.25) is 0 Å². The van der Waals surface area contributed by atoms with Crippen LogP contribution in [0.25, 0.3) is 0 Å². The van der Waals surface area contributed by atoms with Crippen LogP contribution in [0.1, 0.15) is 49.9 Å². The Kier molecular flexibility index (Phi) is 4.51. The van der Waals surface area contributed by atoms with E-state index in [2.05, 4.69) is 24.1 Å². The highest BCUT2D eigenvalue weighted by Crippen LogP contribution is 2.30. The molecule has 1 aromatic rings. The van der Waals surface area contributed by atoms with E-state index in [0.29, 0.717) is 17.4 Å². The summed E-state index contributed by atoms with van der Waals surface area (Å²) in [4.78, 5) is 15.6. The summed E-state index contributed by atoms with van der Waals surface area (Å²) in [5.41, 5.74) is 0.348. The molecule has 2 unspecified atom stereocenters. The van der Waals surface area contributed by atoms with Crippen LogP contribution in [0.3, 0.4) is 0 Å². The average molecular weight is 264 g/mol. The highest BCUT2D eigenvalue weighted by molar-refractivity contribution is 5.94. The molecule has 1 aliphatic carbocycles. The lowest BCUT2D eigenvalue weighted by molar-refractivity contribution is 0.0888. The number of hydrogen-bond donors (Lipinski definition) is 1. The van der Waals surface area contributed by atoms with E-state index < -0.39 is 5.95 Å². The van der Waals surface area contributed by atoms with Crippen molar-refractivity contribution in [1.29, 1.82) is 0 Å². The molecule has 19 heavy (non-hydrogen) atoms. The van der Waals surface area contributed by atoms with Crippen molar-refractivity contribution in [3.63, 3.8) is 0 Å². The highest BCUT2D eigenvalue weighted by atomic mass is 19.1. The Morgan fingerprint density at radius 2 is 2.16 bits per heavy atom. The van der Waals surface area contributed by atoms with Gasteiger partial charge in [0.25, 0.3) is 5.91 Å². The summed E-state index contributed by atoms with van der Waals surface area (Å²) in [6, 6.07) is 2.94. The van der Waals surface area contributed by atoms with Crippen molar-refractivity contribution >= 4 is 5.91 Å². The second kappa shape index (κ2) is 6.13. The summed E-state index contributed by atoms with van der Waals surface area (Å²) in [6.45, 7) is 4.39. The smallest absolute Gasteiger partial charge is 0.251 e. The molecule has 0 radical (unpaired) electrons. The Morgan fingerprint density at radius 3 is 2.84 bits per heavy atom. The van der Waals surface area contributed by atoms with Crippen molar-refractivity contribution in [2.75, 3.05) is 0 Å². The van der Waals surface area contributed by atoms with Crippen molar-refractivity contribution in [3.8, 4) is 0 Å². The van der Waals surface area contributed by atoms with Gasteiger partial charge in [-0.15, -0.1) is 0 Å². The molecule has 0 spiro atoms. The molecule has 0 saturated heterocycles. The van der Waals surface area contributed by atoms with E-state index in [0.717, 1.165) is 19.3 Å². The van der Waals surface area contributed by atoms with Crippen LogP contribution in [0.4, 0.5) is 4.39 Å². The maximum absolute atomic E-state index is 13.0. The fraction of sp³-hybridized carbons (Fsp3) is 0.600. The van der Waals surface area contributed by atoms with Gasteiger partial charge in [-0.3, -0.25) is 4.79 Å². The lowest BCUT2D eigenvalue weighted by atomic mass is 9.78. The fourth-order valence-corrected chi connectivity index (χ4v) is 2.93. The van der Waals surface area contributed by atoms with Gasteiger partial charge < -0.3 is 5.32 Å². The predicted octanol–water partition coefficient (Wildman–Crippen LogP) is 3.17. The van der Waals surface area contributed by atoms with E-state index >= 15 is 0 Å². The number of pyridine rings is 1. The number of hydrogen-bond acceptors (Lipinski definition) is 2. The van der Waals surface area contributed by atoms with E-state index in [9.17, 15) is 9.18 Å². The zero-order chi connectivity index (χ0) is 13.8. The molecular weight excluding hydrogens is 243 g/mol. The van der Waals surface area contributed by atoms with Crippen LogP contribution in [0, 0.1) is 17.8 Å². The molecule has 1 saturated carbocycles. The standard InChI is InChI=1S/C15H21FN2O/c1-10(2)12-5-3-4-6-13(12)18-15(19)11-7-8-17-14(16)9-11/h7-10,12-13H,3-6H2,1-2H3,(H,18,19). The van der Waals surface area contributed by atoms with Crippen LogP contribution in [0.5, 0.6) is 0 Å². The molecule has 0 aromatic carbocycles. The lowest BCUT2D eigenvalue weighted by Gasteiger charge is -2.34. The molecule has 1 amide bonds. The summed E-state index contributed by atoms with van der Waals surface area (Å²) in [5.74, 6) is 0.264. The minimum Gasteiger partial charge on any atom is -0.349 e. The first-order valence-electron chi connectivity index (χ1n) is 7.00. The van der Waals surface area contributed by atoms with Gasteiger partial charge in [-0.2, -0.15) is 4.39 Å². The maximum Gasteiger partial charge on any atom is 0.251 e. The van der Waals surface area contributed by atoms with Gasteiger partial charge in [0.2, 0.25) is 5.95 Å². The lowest BCUT2D eigenvalue weighted by Crippen LogP contribution is -2.44. The van der Waals surface area contributed by atoms with Gasteiger partial charge in [0, 0.05) is 23.9 Å². The van der Waals surface area contributed by atoms with Crippen molar-refractivity contribution in [3.05, 3.63) is 29.8 Å². The quantitative estimate of drug-likeness (QED) is 0.852. The summed E-state index contributed by atoms with van der Waals surface area (Å²) >= 11 is 0. The van der Waals surface area contributed by atoms with Crippen molar-refractivity contribution < 1.29 is 9.18 Å². The van der Waals surface area contributed by atoms with Gasteiger partial charge in [-0.25, -0.2) is 4.98 Å². The summed E-state index contributed by atoms with van der Waals surface area (Å²) in [5, 5.41) is 3.06. The van der Waals surface area contributed by atoms with Crippen molar-refractivity contribution in [1.82, 2.24) is 10.3 Å². The molecular formula is C15H21FN2O. The SMILES string of the molecule is CC(C)C1CCCCC1NC(=O)c1ccnc(F)c1. The largest absolute Gasteiger partial charge is 0.349 e. The second-order valence-electron chi connectivity index (χ2n) is 5.64. The Hall–Kier alpha value is -1.45. The third kappa shape index (κ3) is 3.52. The second-order valence-corrected chi connectivity index (χ2v) is 5.64. The van der Waals surface area contributed by atoms with Gasteiger partial charge in [0.05, 0.1) is 0 Å². The van der Waals surface area contributed by atoms with E-state index in [4.69, 9.17) is 0 Å². The van der Waals surface area contributed by atoms with E-state index in [1.807, 2.05) is 0 Å². The third-order valence-electron chi connectivity index (χ3n) is 3.98. The van der Waals surface area contributed by atoms with Gasteiger partial charge in [-0.1, -0.05) is 26.7 Å². The third-order valence-corrected chi connectivity index (χ3v) is 3.98. The number of aromatic nitrogens is 1. The van der Waals surface area contributed by atoms with E-state index in [1.54, 1.807) is 6.07 Å². The first-order valence-corrected chi connectivity index (χ1v) is 7.00. The topological polar surface area (TPSA) is 42.0 Å². The normalized spacial score (nSPS) is 23.4. The molecule has 104 valence electrons. The molecule has 1 heterocycles. The summed E-state index contributed by atoms with van der Waals surface area (Å²) < 4.78 is 13.0. The van der Waals surface area contributed by atoms with E-state index in [-0.39, 0.29) is 11.9 Å². The molecule has 3 nitrogen and oxygen atoms in total. The number of nitrogens with zero attached hydrogens (tertiary/aromatic N) is 1. The minimum absolute atomic E-state index is 0.196. The highest BCUT2D eigenvalue weighted by Gasteiger charge is 2.28. The van der Waals surface area contributed by atoms with Crippen LogP contribution in [-0.2, 0) is 0 Å². The number of carbonyl (C=O) groups is 1. The molecule has 1 N–H and O–H groups in total. The molecule has 2 atom stereocenters. The number of nitrogens with one attached hydrogen (secondary N) is 1. The zero-order valence-corrected chi connectivity index (χ0v) is 11.5. The van der Waals surface area contributed by atoms with Gasteiger partial charge in [-0.05, 0) is 30.7 Å². The Morgan fingerprint density at radius 1 is 1.42 bits per heavy atom. The Labute approximate surface area is 113 Å². The summed E-state index contributed by atoms with van der Waals surface area (Å²) in [7, 11) is 0. The van der Waals surface area contributed by atoms with Crippen molar-refractivity contribution in [2.24, 2.45) is 11.8 Å². The Balaban J connectivity index is 2.04. The number of rotatable bonds is 3. The van der Waals surface area contributed by atoms with Gasteiger partial charge in [0.1, 0.15) is 0 Å². The average Bonchev–Trinajstić information content (AvgIpc) is 2.39. The zero-order valence-electron chi connectivity index (χ0n) is 11.5. The molecule has 1 aliphatic rings. The minimum atomic E-state index is -0.614. The first kappa shape index (κ1) is 14.0. The van der Waals surface area contributed by atoms with Gasteiger partial charge >= 0.3 is 0 Å². The molecule has 1 aromatic heterocycles. The summed E-state index contributed by atoms with van der Waals surface area (Å²) in [6.07, 6.45) is 5.89. The van der Waals surface area contributed by atoms with Crippen LogP contribution >= 0.6 is 0 Å². The molecule has 2 rings (SSSR count). The fourth-order valence-electron chi connectivity index (χ4n) is 2.93.